The SMILES string of the molecule is Br.Br.COC(=O)c1cc(OC)c2c(c1)nc(N)n2C/C=C/Cn1c(N)nc2cc(C(N)=O)cc(OCC#CCC3CCN(C(=O)OC(C)(C)C)C3)c21. The molecule has 1 unspecified atom stereocenters. The molecule has 280 valence electrons. The molecule has 0 spiro atoms. The first kappa shape index (κ1) is 41.5. The highest BCUT2D eigenvalue weighted by molar-refractivity contribution is 8.93. The van der Waals surface area contributed by atoms with Gasteiger partial charge >= 0.3 is 12.1 Å². The lowest BCUT2D eigenvalue weighted by atomic mass is 10.1. The Morgan fingerprint density at radius 1 is 0.904 bits per heavy atom. The fourth-order valence-electron chi connectivity index (χ4n) is 5.74. The van der Waals surface area contributed by atoms with Gasteiger partial charge in [-0.25, -0.2) is 19.6 Å². The van der Waals surface area contributed by atoms with E-state index in [1.807, 2.05) is 32.9 Å². The normalized spacial score (nSPS) is 14.0. The average Bonchev–Trinajstić information content (AvgIpc) is 3.75. The lowest BCUT2D eigenvalue weighted by Gasteiger charge is -2.24. The van der Waals surface area contributed by atoms with Gasteiger partial charge in [-0.2, -0.15) is 0 Å². The molecule has 1 saturated heterocycles. The Labute approximate surface area is 322 Å². The van der Waals surface area contributed by atoms with E-state index in [1.165, 1.54) is 14.2 Å². The van der Waals surface area contributed by atoms with E-state index in [0.29, 0.717) is 71.7 Å². The van der Waals surface area contributed by atoms with Gasteiger partial charge in [0.15, 0.2) is 0 Å². The number of imidazole rings is 2. The molecule has 2 aromatic carbocycles. The number of nitrogen functional groups attached to an aromatic ring is 2. The van der Waals surface area contributed by atoms with E-state index < -0.39 is 17.5 Å². The number of benzene rings is 2. The number of anilines is 2. The van der Waals surface area contributed by atoms with Crippen molar-refractivity contribution in [3.05, 3.63) is 47.5 Å². The van der Waals surface area contributed by atoms with E-state index in [-0.39, 0.29) is 70.0 Å². The second kappa shape index (κ2) is 17.5. The minimum Gasteiger partial charge on any atom is -0.494 e. The minimum absolute atomic E-state index is 0. The lowest BCUT2D eigenvalue weighted by molar-refractivity contribution is 0.0288. The van der Waals surface area contributed by atoms with Crippen LogP contribution >= 0.6 is 34.0 Å². The van der Waals surface area contributed by atoms with Crippen LogP contribution in [0.1, 0.15) is 54.3 Å². The van der Waals surface area contributed by atoms with Crippen molar-refractivity contribution >= 4 is 85.9 Å². The predicted octanol–water partition coefficient (Wildman–Crippen LogP) is 4.89. The maximum atomic E-state index is 12.4. The molecule has 0 aliphatic carbocycles. The monoisotopic (exact) mass is 846 g/mol. The van der Waals surface area contributed by atoms with Gasteiger partial charge in [0.1, 0.15) is 34.7 Å². The third kappa shape index (κ3) is 9.48. The van der Waals surface area contributed by atoms with E-state index in [0.717, 1.165) is 6.42 Å². The third-order valence-corrected chi connectivity index (χ3v) is 8.09. The van der Waals surface area contributed by atoms with Gasteiger partial charge < -0.3 is 50.2 Å². The number of primary amides is 1. The standard InChI is InChI=1S/C35H42N8O7.2BrH/c1-35(2,3)50-34(46)41-14-11-21(20-41)10-6-9-15-49-27-18-22(30(36)44)16-24-29(27)43(33(38)39-24)13-8-7-12-42-28-25(40-32(42)37)17-23(31(45)48-5)19-26(28)47-4;;/h7-8,16-19,21H,10-15,20H2,1-5H3,(H2,36,44)(H2,37,40)(H2,38,39);2*1H/b8-7+;;. The van der Waals surface area contributed by atoms with Gasteiger partial charge in [-0.3, -0.25) is 4.79 Å². The molecule has 1 fully saturated rings. The summed E-state index contributed by atoms with van der Waals surface area (Å²) in [6.07, 6.45) is 4.90. The molecular weight excluding hydrogens is 804 g/mol. The Hall–Kier alpha value is -4.95. The number of likely N-dealkylation sites (tertiary alicyclic amines) is 1. The molecule has 2 amide bonds. The van der Waals surface area contributed by atoms with E-state index in [1.54, 1.807) is 38.3 Å². The van der Waals surface area contributed by atoms with E-state index in [2.05, 4.69) is 21.8 Å². The third-order valence-electron chi connectivity index (χ3n) is 8.09. The predicted molar refractivity (Wildman–Crippen MR) is 208 cm³/mol. The molecule has 1 aliphatic heterocycles. The quantitative estimate of drug-likeness (QED) is 0.111. The van der Waals surface area contributed by atoms with Crippen molar-refractivity contribution in [1.82, 2.24) is 24.0 Å². The Bertz CT molecular complexity index is 2040. The smallest absolute Gasteiger partial charge is 0.410 e. The summed E-state index contributed by atoms with van der Waals surface area (Å²) < 4.78 is 25.4. The second-order valence-corrected chi connectivity index (χ2v) is 12.8. The number of rotatable bonds is 10. The van der Waals surface area contributed by atoms with Gasteiger partial charge in [0.05, 0.1) is 30.8 Å². The number of allylic oxidation sites excluding steroid dienone is 2. The molecule has 17 heteroatoms. The van der Waals surface area contributed by atoms with Crippen LogP contribution in [0.2, 0.25) is 0 Å². The molecular formula is C35H44Br2N8O7. The van der Waals surface area contributed by atoms with Gasteiger partial charge in [-0.1, -0.05) is 24.0 Å². The Morgan fingerprint density at radius 3 is 2.04 bits per heavy atom. The fraction of sp³-hybridized carbons (Fsp3) is 0.400. The largest absolute Gasteiger partial charge is 0.494 e. The summed E-state index contributed by atoms with van der Waals surface area (Å²) in [4.78, 5) is 47.1. The molecule has 1 atom stereocenters. The molecule has 52 heavy (non-hydrogen) atoms. The van der Waals surface area contributed by atoms with E-state index in [9.17, 15) is 14.4 Å². The molecule has 2 aromatic heterocycles. The van der Waals surface area contributed by atoms with Crippen LogP contribution in [0, 0.1) is 17.8 Å². The summed E-state index contributed by atoms with van der Waals surface area (Å²) in [7, 11) is 2.80. The number of carbonyl (C=O) groups excluding carboxylic acids is 3. The number of esters is 1. The van der Waals surface area contributed by atoms with Crippen LogP contribution in [0.4, 0.5) is 16.7 Å². The minimum atomic E-state index is -0.633. The van der Waals surface area contributed by atoms with Gasteiger partial charge in [0.25, 0.3) is 0 Å². The highest BCUT2D eigenvalue weighted by Gasteiger charge is 2.29. The molecule has 0 saturated carbocycles. The maximum Gasteiger partial charge on any atom is 0.410 e. The summed E-state index contributed by atoms with van der Waals surface area (Å²) in [5.41, 5.74) is 20.3. The van der Waals surface area contributed by atoms with Crippen molar-refractivity contribution in [2.75, 3.05) is 45.4 Å². The Morgan fingerprint density at radius 2 is 1.48 bits per heavy atom. The fourth-order valence-corrected chi connectivity index (χ4v) is 5.74. The van der Waals surface area contributed by atoms with Crippen LogP contribution in [-0.4, -0.2) is 81.5 Å². The van der Waals surface area contributed by atoms with Gasteiger partial charge in [0, 0.05) is 38.2 Å². The number of nitrogens with two attached hydrogens (primary N) is 3. The van der Waals surface area contributed by atoms with Crippen LogP contribution in [0.5, 0.6) is 11.5 Å². The summed E-state index contributed by atoms with van der Waals surface area (Å²) >= 11 is 0. The topological polar surface area (TPSA) is 205 Å². The van der Waals surface area contributed by atoms with Crippen molar-refractivity contribution in [1.29, 1.82) is 0 Å². The first-order valence-corrected chi connectivity index (χ1v) is 16.0. The highest BCUT2D eigenvalue weighted by Crippen LogP contribution is 2.32. The van der Waals surface area contributed by atoms with Gasteiger partial charge in [-0.05, 0) is 57.4 Å². The first-order chi connectivity index (χ1) is 23.8. The number of ether oxygens (including phenoxy) is 4. The van der Waals surface area contributed by atoms with Crippen molar-refractivity contribution in [3.8, 4) is 23.3 Å². The molecule has 5 rings (SSSR count). The lowest BCUT2D eigenvalue weighted by Crippen LogP contribution is -2.35. The zero-order valence-corrected chi connectivity index (χ0v) is 33.1. The number of aromatic nitrogens is 4. The maximum absolute atomic E-state index is 12.4. The highest BCUT2D eigenvalue weighted by atomic mass is 79.9. The number of nitrogens with zero attached hydrogens (tertiary/aromatic N) is 5. The van der Waals surface area contributed by atoms with E-state index in [4.69, 9.17) is 36.1 Å². The number of methoxy groups -OCH3 is 2. The van der Waals surface area contributed by atoms with Gasteiger partial charge in [0.2, 0.25) is 17.8 Å². The number of halogens is 2. The zero-order valence-electron chi connectivity index (χ0n) is 29.6. The summed E-state index contributed by atoms with van der Waals surface area (Å²) in [5, 5.41) is 0. The molecule has 3 heterocycles. The number of fused-ring (bicyclic) bond motifs is 2. The summed E-state index contributed by atoms with van der Waals surface area (Å²) in [6.45, 7) is 7.46. The second-order valence-electron chi connectivity index (χ2n) is 12.8. The van der Waals surface area contributed by atoms with Crippen LogP contribution in [-0.2, 0) is 22.6 Å². The van der Waals surface area contributed by atoms with Crippen molar-refractivity contribution in [3.63, 3.8) is 0 Å². The summed E-state index contributed by atoms with van der Waals surface area (Å²) in [5.74, 6) is 6.51. The first-order valence-electron chi connectivity index (χ1n) is 16.0. The van der Waals surface area contributed by atoms with Crippen molar-refractivity contribution < 1.29 is 33.3 Å². The van der Waals surface area contributed by atoms with E-state index >= 15 is 0 Å². The zero-order chi connectivity index (χ0) is 36.2. The Balaban J connectivity index is 0.00000364. The van der Waals surface area contributed by atoms with Crippen LogP contribution in [0.15, 0.2) is 36.4 Å². The molecule has 0 radical (unpaired) electrons. The van der Waals surface area contributed by atoms with Crippen LogP contribution in [0.3, 0.4) is 0 Å². The number of carbonyl (C=O) groups is 3. The Kier molecular flexibility index (Phi) is 14.0. The van der Waals surface area contributed by atoms with Crippen LogP contribution < -0.4 is 26.7 Å². The number of hydrogen-bond donors (Lipinski definition) is 3. The van der Waals surface area contributed by atoms with Crippen molar-refractivity contribution in [2.45, 2.75) is 52.3 Å². The molecule has 4 aromatic rings. The number of amides is 2. The molecule has 15 nitrogen and oxygen atoms in total. The van der Waals surface area contributed by atoms with Crippen molar-refractivity contribution in [2.24, 2.45) is 11.7 Å². The molecule has 6 N–H and O–H groups in total. The van der Waals surface area contributed by atoms with Crippen LogP contribution in [0.25, 0.3) is 22.1 Å². The molecule has 1 aliphatic rings. The number of hydrogen-bond acceptors (Lipinski definition) is 11. The molecule has 0 bridgehead atoms. The van der Waals surface area contributed by atoms with Gasteiger partial charge in [-0.15, -0.1) is 34.0 Å². The average molecular weight is 849 g/mol. The summed E-state index contributed by atoms with van der Waals surface area (Å²) in [6, 6.07) is 6.29.